The lowest BCUT2D eigenvalue weighted by Gasteiger charge is -2.32. The lowest BCUT2D eigenvalue weighted by molar-refractivity contribution is -0.122. The predicted molar refractivity (Wildman–Crippen MR) is 115 cm³/mol. The number of carbonyl (C=O) groups excluding carboxylic acids is 2. The summed E-state index contributed by atoms with van der Waals surface area (Å²) in [5, 5.41) is 4.21. The summed E-state index contributed by atoms with van der Waals surface area (Å²) in [6.07, 6.45) is 2.27. The van der Waals surface area contributed by atoms with Crippen molar-refractivity contribution in [1.29, 1.82) is 0 Å². The molecular formula is C21H31N3O5S. The maximum absolute atomic E-state index is 12.7. The number of piperidine rings is 1. The molecule has 1 unspecified atom stereocenters. The van der Waals surface area contributed by atoms with Crippen molar-refractivity contribution < 1.29 is 22.7 Å². The van der Waals surface area contributed by atoms with Crippen LogP contribution >= 0.6 is 0 Å². The molecule has 2 amide bonds. The number of rotatable bonds is 7. The highest BCUT2D eigenvalue weighted by molar-refractivity contribution is 7.93. The van der Waals surface area contributed by atoms with Crippen molar-refractivity contribution in [2.24, 2.45) is 0 Å². The van der Waals surface area contributed by atoms with Gasteiger partial charge in [0.1, 0.15) is 5.25 Å². The topological polar surface area (TPSA) is 105 Å². The summed E-state index contributed by atoms with van der Waals surface area (Å²) < 4.78 is 30.7. The molecule has 0 bridgehead atoms. The Balaban J connectivity index is 1.42. The van der Waals surface area contributed by atoms with Crippen molar-refractivity contribution in [3.05, 3.63) is 30.3 Å². The largest absolute Gasteiger partial charge is 0.381 e. The summed E-state index contributed by atoms with van der Waals surface area (Å²) in [4.78, 5) is 26.8. The quantitative estimate of drug-likeness (QED) is 0.664. The fourth-order valence-electron chi connectivity index (χ4n) is 3.92. The second-order valence-corrected chi connectivity index (χ2v) is 10.6. The summed E-state index contributed by atoms with van der Waals surface area (Å²) in [6.45, 7) is 3.97. The molecule has 2 N–H and O–H groups in total. The van der Waals surface area contributed by atoms with Crippen molar-refractivity contribution in [3.8, 4) is 0 Å². The zero-order chi connectivity index (χ0) is 21.6. The molecule has 0 aromatic heterocycles. The standard InChI is InChI=1S/C21H31N3O5S/c1-16(30(27,28)19-9-13-29-14-10-19)21(26)23-18-7-11-24(12-8-18)15-20(25)22-17-5-3-2-4-6-17/h2-6,16,18-19H,7-15H2,1H3,(H,22,25)(H,23,26). The lowest BCUT2D eigenvalue weighted by Crippen LogP contribution is -2.50. The fraction of sp³-hybridized carbons (Fsp3) is 0.619. The van der Waals surface area contributed by atoms with Crippen LogP contribution in [0.3, 0.4) is 0 Å². The maximum Gasteiger partial charge on any atom is 0.238 e. The van der Waals surface area contributed by atoms with Gasteiger partial charge in [0.25, 0.3) is 0 Å². The van der Waals surface area contributed by atoms with Crippen LogP contribution < -0.4 is 10.6 Å². The van der Waals surface area contributed by atoms with E-state index in [0.717, 1.165) is 5.69 Å². The van der Waals surface area contributed by atoms with E-state index in [1.807, 2.05) is 35.2 Å². The molecule has 2 aliphatic rings. The molecule has 1 aromatic rings. The van der Waals surface area contributed by atoms with Crippen molar-refractivity contribution in [3.63, 3.8) is 0 Å². The van der Waals surface area contributed by atoms with Gasteiger partial charge in [-0.05, 0) is 44.7 Å². The molecule has 2 saturated heterocycles. The Morgan fingerprint density at radius 3 is 2.37 bits per heavy atom. The highest BCUT2D eigenvalue weighted by Gasteiger charge is 2.37. The Morgan fingerprint density at radius 1 is 1.10 bits per heavy atom. The molecule has 8 nitrogen and oxygen atoms in total. The number of hydrogen-bond acceptors (Lipinski definition) is 6. The summed E-state index contributed by atoms with van der Waals surface area (Å²) >= 11 is 0. The number of nitrogens with zero attached hydrogens (tertiary/aromatic N) is 1. The first kappa shape index (κ1) is 22.7. The minimum Gasteiger partial charge on any atom is -0.381 e. The van der Waals surface area contributed by atoms with Gasteiger partial charge in [-0.2, -0.15) is 0 Å². The SMILES string of the molecule is CC(C(=O)NC1CCN(CC(=O)Nc2ccccc2)CC1)S(=O)(=O)C1CCOCC1. The van der Waals surface area contributed by atoms with Crippen LogP contribution in [-0.2, 0) is 24.2 Å². The smallest absolute Gasteiger partial charge is 0.238 e. The molecule has 0 saturated carbocycles. The van der Waals surface area contributed by atoms with E-state index in [-0.39, 0.29) is 11.9 Å². The van der Waals surface area contributed by atoms with E-state index in [1.165, 1.54) is 6.92 Å². The lowest BCUT2D eigenvalue weighted by atomic mass is 10.0. The van der Waals surface area contributed by atoms with E-state index in [4.69, 9.17) is 4.74 Å². The van der Waals surface area contributed by atoms with E-state index < -0.39 is 26.2 Å². The number of nitrogens with one attached hydrogen (secondary N) is 2. The third kappa shape index (κ3) is 6.02. The number of benzene rings is 1. The average Bonchev–Trinajstić information content (AvgIpc) is 2.75. The van der Waals surface area contributed by atoms with Crippen LogP contribution in [-0.4, -0.2) is 74.5 Å². The van der Waals surface area contributed by atoms with Gasteiger partial charge in [-0.3, -0.25) is 14.5 Å². The Labute approximate surface area is 178 Å². The second kappa shape index (κ2) is 10.4. The number of anilines is 1. The molecule has 166 valence electrons. The molecule has 0 spiro atoms. The fourth-order valence-corrected chi connectivity index (χ4v) is 5.71. The van der Waals surface area contributed by atoms with Gasteiger partial charge in [0.2, 0.25) is 11.8 Å². The number of carbonyl (C=O) groups is 2. The Morgan fingerprint density at radius 2 is 1.73 bits per heavy atom. The number of ether oxygens (including phenoxy) is 1. The highest BCUT2D eigenvalue weighted by Crippen LogP contribution is 2.21. The zero-order valence-corrected chi connectivity index (χ0v) is 18.2. The first-order valence-electron chi connectivity index (χ1n) is 10.5. The van der Waals surface area contributed by atoms with E-state index in [9.17, 15) is 18.0 Å². The summed E-state index contributed by atoms with van der Waals surface area (Å²) in [5.41, 5.74) is 0.768. The molecule has 0 aliphatic carbocycles. The van der Waals surface area contributed by atoms with Gasteiger partial charge in [-0.25, -0.2) is 8.42 Å². The monoisotopic (exact) mass is 437 g/mol. The molecule has 1 atom stereocenters. The number of para-hydroxylation sites is 1. The van der Waals surface area contributed by atoms with Crippen molar-refractivity contribution in [1.82, 2.24) is 10.2 Å². The van der Waals surface area contributed by atoms with Gasteiger partial charge in [0.05, 0.1) is 11.8 Å². The van der Waals surface area contributed by atoms with Crippen LogP contribution in [0.1, 0.15) is 32.6 Å². The number of sulfone groups is 1. The summed E-state index contributed by atoms with van der Waals surface area (Å²) in [7, 11) is -3.52. The Hall–Kier alpha value is -1.97. The number of hydrogen-bond donors (Lipinski definition) is 2. The zero-order valence-electron chi connectivity index (χ0n) is 17.4. The van der Waals surface area contributed by atoms with Gasteiger partial charge in [-0.15, -0.1) is 0 Å². The minimum absolute atomic E-state index is 0.0696. The maximum atomic E-state index is 12.7. The third-order valence-corrected chi connectivity index (χ3v) is 8.45. The molecule has 9 heteroatoms. The molecule has 0 radical (unpaired) electrons. The van der Waals surface area contributed by atoms with E-state index in [2.05, 4.69) is 10.6 Å². The second-order valence-electron chi connectivity index (χ2n) is 8.02. The van der Waals surface area contributed by atoms with E-state index >= 15 is 0 Å². The molecule has 1 aromatic carbocycles. The average molecular weight is 438 g/mol. The van der Waals surface area contributed by atoms with Crippen LogP contribution in [0.5, 0.6) is 0 Å². The van der Waals surface area contributed by atoms with Gasteiger partial charge >= 0.3 is 0 Å². The van der Waals surface area contributed by atoms with Crippen LogP contribution in [0.15, 0.2) is 30.3 Å². The third-order valence-electron chi connectivity index (χ3n) is 5.85. The molecule has 2 heterocycles. The van der Waals surface area contributed by atoms with Crippen molar-refractivity contribution in [2.75, 3.05) is 38.2 Å². The van der Waals surface area contributed by atoms with Crippen LogP contribution in [0.25, 0.3) is 0 Å². The summed E-state index contributed by atoms with van der Waals surface area (Å²) in [5.74, 6) is -0.498. The van der Waals surface area contributed by atoms with Gasteiger partial charge in [0, 0.05) is 38.0 Å². The van der Waals surface area contributed by atoms with Crippen LogP contribution in [0, 0.1) is 0 Å². The highest BCUT2D eigenvalue weighted by atomic mass is 32.2. The normalized spacial score (nSPS) is 20.4. The van der Waals surface area contributed by atoms with Gasteiger partial charge in [0.15, 0.2) is 9.84 Å². The first-order valence-corrected chi connectivity index (χ1v) is 12.2. The minimum atomic E-state index is -3.52. The van der Waals surface area contributed by atoms with Crippen LogP contribution in [0.2, 0.25) is 0 Å². The van der Waals surface area contributed by atoms with Crippen molar-refractivity contribution >= 4 is 27.3 Å². The summed E-state index contributed by atoms with van der Waals surface area (Å²) in [6, 6.07) is 9.24. The Bertz CT molecular complexity index is 816. The molecule has 30 heavy (non-hydrogen) atoms. The molecule has 2 fully saturated rings. The van der Waals surface area contributed by atoms with Gasteiger partial charge in [-0.1, -0.05) is 18.2 Å². The first-order chi connectivity index (χ1) is 14.4. The Kier molecular flexibility index (Phi) is 7.85. The van der Waals surface area contributed by atoms with E-state index in [0.29, 0.717) is 58.5 Å². The molecular weight excluding hydrogens is 406 g/mol. The van der Waals surface area contributed by atoms with Gasteiger partial charge < -0.3 is 15.4 Å². The molecule has 3 rings (SSSR count). The number of likely N-dealkylation sites (tertiary alicyclic amines) is 1. The van der Waals surface area contributed by atoms with Crippen LogP contribution in [0.4, 0.5) is 5.69 Å². The van der Waals surface area contributed by atoms with E-state index in [1.54, 1.807) is 0 Å². The predicted octanol–water partition coefficient (Wildman–Crippen LogP) is 1.19. The van der Waals surface area contributed by atoms with Crippen molar-refractivity contribution in [2.45, 2.75) is 49.1 Å². The molecule has 2 aliphatic heterocycles. The number of amides is 2.